The first-order chi connectivity index (χ1) is 9.81. The quantitative estimate of drug-likeness (QED) is 0.915. The molecule has 1 N–H and O–H groups in total. The Kier molecular flexibility index (Phi) is 3.71. The molecule has 0 atom stereocenters. The topological polar surface area (TPSA) is 66.8 Å². The van der Waals surface area contributed by atoms with E-state index in [0.717, 1.165) is 43.3 Å². The van der Waals surface area contributed by atoms with Crippen molar-refractivity contribution < 1.29 is 0 Å². The number of hydrogen-bond donors (Lipinski definition) is 1. The van der Waals surface area contributed by atoms with Gasteiger partial charge in [0.2, 0.25) is 5.95 Å². The maximum Gasteiger partial charge on any atom is 0.225 e. The van der Waals surface area contributed by atoms with Crippen LogP contribution in [-0.4, -0.2) is 39.1 Å². The average molecular weight is 270 g/mol. The zero-order valence-corrected chi connectivity index (χ0v) is 11.5. The van der Waals surface area contributed by atoms with E-state index in [0.29, 0.717) is 6.04 Å². The van der Waals surface area contributed by atoms with E-state index in [2.05, 4.69) is 30.2 Å². The van der Waals surface area contributed by atoms with Gasteiger partial charge in [0.25, 0.3) is 0 Å². The van der Waals surface area contributed by atoms with Crippen molar-refractivity contribution in [2.45, 2.75) is 25.8 Å². The molecule has 0 bridgehead atoms. The van der Waals surface area contributed by atoms with Crippen molar-refractivity contribution in [2.24, 2.45) is 0 Å². The molecule has 0 aromatic carbocycles. The molecule has 2 aromatic rings. The van der Waals surface area contributed by atoms with Crippen LogP contribution in [0.2, 0.25) is 0 Å². The number of nitrogens with one attached hydrogen (secondary N) is 1. The Morgan fingerprint density at radius 1 is 1.15 bits per heavy atom. The lowest BCUT2D eigenvalue weighted by atomic mass is 10.1. The number of aromatic nitrogens is 4. The Bertz CT molecular complexity index is 533. The first kappa shape index (κ1) is 12.8. The second-order valence-electron chi connectivity index (χ2n) is 5.06. The van der Waals surface area contributed by atoms with Crippen LogP contribution in [0.3, 0.4) is 0 Å². The van der Waals surface area contributed by atoms with Crippen molar-refractivity contribution in [3.05, 3.63) is 36.5 Å². The highest BCUT2D eigenvalue weighted by atomic mass is 15.3. The van der Waals surface area contributed by atoms with Crippen molar-refractivity contribution in [3.63, 3.8) is 0 Å². The van der Waals surface area contributed by atoms with Crippen molar-refractivity contribution in [3.8, 4) is 0 Å². The van der Waals surface area contributed by atoms with Gasteiger partial charge in [-0.15, -0.1) is 0 Å². The molecule has 6 heteroatoms. The van der Waals surface area contributed by atoms with Crippen LogP contribution in [-0.2, 0) is 0 Å². The van der Waals surface area contributed by atoms with E-state index < -0.39 is 0 Å². The molecule has 6 nitrogen and oxygen atoms in total. The summed E-state index contributed by atoms with van der Waals surface area (Å²) < 4.78 is 0. The predicted octanol–water partition coefficient (Wildman–Crippen LogP) is 1.66. The van der Waals surface area contributed by atoms with Gasteiger partial charge in [-0.2, -0.15) is 0 Å². The first-order valence-corrected chi connectivity index (χ1v) is 6.87. The molecule has 0 aliphatic carbocycles. The third kappa shape index (κ3) is 3.01. The molecule has 1 fully saturated rings. The number of aryl methyl sites for hydroxylation is 1. The van der Waals surface area contributed by atoms with Crippen LogP contribution in [0.25, 0.3) is 0 Å². The summed E-state index contributed by atoms with van der Waals surface area (Å²) in [5.74, 6) is 1.72. The van der Waals surface area contributed by atoms with Gasteiger partial charge in [0, 0.05) is 37.7 Å². The number of anilines is 2. The van der Waals surface area contributed by atoms with Gasteiger partial charge in [-0.05, 0) is 31.4 Å². The molecule has 0 amide bonds. The van der Waals surface area contributed by atoms with E-state index in [4.69, 9.17) is 0 Å². The zero-order chi connectivity index (χ0) is 13.8. The summed E-state index contributed by atoms with van der Waals surface area (Å²) in [5, 5.41) is 3.44. The Labute approximate surface area is 118 Å². The minimum atomic E-state index is 0.451. The summed E-state index contributed by atoms with van der Waals surface area (Å²) >= 11 is 0. The van der Waals surface area contributed by atoms with Crippen LogP contribution in [0.5, 0.6) is 0 Å². The van der Waals surface area contributed by atoms with Gasteiger partial charge in [-0.1, -0.05) is 0 Å². The van der Waals surface area contributed by atoms with Crippen LogP contribution >= 0.6 is 0 Å². The number of piperidine rings is 1. The van der Waals surface area contributed by atoms with Gasteiger partial charge in [0.05, 0.1) is 0 Å². The Morgan fingerprint density at radius 2 is 1.90 bits per heavy atom. The molecule has 2 aromatic heterocycles. The molecule has 0 unspecified atom stereocenters. The third-order valence-electron chi connectivity index (χ3n) is 3.48. The van der Waals surface area contributed by atoms with Gasteiger partial charge < -0.3 is 10.2 Å². The lowest BCUT2D eigenvalue weighted by molar-refractivity contribution is 0.518. The highest BCUT2D eigenvalue weighted by Gasteiger charge is 2.20. The molecular formula is C14H18N6. The minimum absolute atomic E-state index is 0.451. The fourth-order valence-corrected chi connectivity index (χ4v) is 2.36. The summed E-state index contributed by atoms with van der Waals surface area (Å²) in [7, 11) is 0. The number of nitrogens with zero attached hydrogens (tertiary/aromatic N) is 5. The molecule has 3 heterocycles. The van der Waals surface area contributed by atoms with Crippen LogP contribution in [0, 0.1) is 6.92 Å². The SMILES string of the molecule is Cc1cnc(N2CCC(Nc3ccncn3)CC2)nc1. The lowest BCUT2D eigenvalue weighted by Crippen LogP contribution is -2.40. The molecule has 20 heavy (non-hydrogen) atoms. The van der Waals surface area contributed by atoms with E-state index in [1.165, 1.54) is 0 Å². The lowest BCUT2D eigenvalue weighted by Gasteiger charge is -2.32. The Morgan fingerprint density at radius 3 is 2.55 bits per heavy atom. The summed E-state index contributed by atoms with van der Waals surface area (Å²) in [4.78, 5) is 19.1. The molecule has 1 saturated heterocycles. The van der Waals surface area contributed by atoms with Crippen molar-refractivity contribution in [1.82, 2.24) is 19.9 Å². The fraction of sp³-hybridized carbons (Fsp3) is 0.429. The first-order valence-electron chi connectivity index (χ1n) is 6.87. The number of hydrogen-bond acceptors (Lipinski definition) is 6. The van der Waals surface area contributed by atoms with Gasteiger partial charge in [-0.25, -0.2) is 19.9 Å². The standard InChI is InChI=1S/C14H18N6/c1-11-8-16-14(17-9-11)20-6-3-12(4-7-20)19-13-2-5-15-10-18-13/h2,5,8-10,12H,3-4,6-7H2,1H3,(H,15,18,19). The zero-order valence-electron chi connectivity index (χ0n) is 11.5. The minimum Gasteiger partial charge on any atom is -0.367 e. The van der Waals surface area contributed by atoms with Gasteiger partial charge in [-0.3, -0.25) is 0 Å². The molecule has 104 valence electrons. The Balaban J connectivity index is 1.55. The largest absolute Gasteiger partial charge is 0.367 e. The monoisotopic (exact) mass is 270 g/mol. The highest BCUT2D eigenvalue weighted by molar-refractivity contribution is 5.35. The summed E-state index contributed by atoms with van der Waals surface area (Å²) in [6, 6.07) is 2.35. The summed E-state index contributed by atoms with van der Waals surface area (Å²) in [6.07, 6.45) is 9.17. The highest BCUT2D eigenvalue weighted by Crippen LogP contribution is 2.18. The maximum absolute atomic E-state index is 4.38. The van der Waals surface area contributed by atoms with E-state index >= 15 is 0 Å². The Hall–Kier alpha value is -2.24. The van der Waals surface area contributed by atoms with Crippen LogP contribution in [0.4, 0.5) is 11.8 Å². The molecule has 0 radical (unpaired) electrons. The van der Waals surface area contributed by atoms with Crippen LogP contribution < -0.4 is 10.2 Å². The average Bonchev–Trinajstić information content (AvgIpc) is 2.50. The van der Waals surface area contributed by atoms with E-state index in [-0.39, 0.29) is 0 Å². The van der Waals surface area contributed by atoms with E-state index in [1.807, 2.05) is 25.4 Å². The molecule has 1 aliphatic heterocycles. The van der Waals surface area contributed by atoms with Crippen LogP contribution in [0.1, 0.15) is 18.4 Å². The van der Waals surface area contributed by atoms with Crippen molar-refractivity contribution in [2.75, 3.05) is 23.3 Å². The van der Waals surface area contributed by atoms with Gasteiger partial charge >= 0.3 is 0 Å². The molecular weight excluding hydrogens is 252 g/mol. The smallest absolute Gasteiger partial charge is 0.225 e. The maximum atomic E-state index is 4.38. The van der Waals surface area contributed by atoms with Crippen LogP contribution in [0.15, 0.2) is 31.0 Å². The molecule has 3 rings (SSSR count). The van der Waals surface area contributed by atoms with E-state index in [1.54, 1.807) is 12.5 Å². The molecule has 1 aliphatic rings. The third-order valence-corrected chi connectivity index (χ3v) is 3.48. The van der Waals surface area contributed by atoms with Gasteiger partial charge in [0.1, 0.15) is 12.1 Å². The van der Waals surface area contributed by atoms with Gasteiger partial charge in [0.15, 0.2) is 0 Å². The summed E-state index contributed by atoms with van der Waals surface area (Å²) in [5.41, 5.74) is 1.09. The van der Waals surface area contributed by atoms with E-state index in [9.17, 15) is 0 Å². The second kappa shape index (κ2) is 5.81. The fourth-order valence-electron chi connectivity index (χ4n) is 2.36. The normalized spacial score (nSPS) is 16.1. The molecule has 0 spiro atoms. The van der Waals surface area contributed by atoms with Crippen molar-refractivity contribution >= 4 is 11.8 Å². The number of rotatable bonds is 3. The second-order valence-corrected chi connectivity index (χ2v) is 5.06. The predicted molar refractivity (Wildman–Crippen MR) is 77.7 cm³/mol. The summed E-state index contributed by atoms with van der Waals surface area (Å²) in [6.45, 7) is 3.93. The molecule has 0 saturated carbocycles. The van der Waals surface area contributed by atoms with Crippen molar-refractivity contribution in [1.29, 1.82) is 0 Å².